The summed E-state index contributed by atoms with van der Waals surface area (Å²) in [6.07, 6.45) is 2.13. The molecule has 4 rings (SSSR count). The van der Waals surface area contributed by atoms with Crippen molar-refractivity contribution in [2.24, 2.45) is 10.1 Å². The van der Waals surface area contributed by atoms with Crippen molar-refractivity contribution in [1.82, 2.24) is 10.3 Å². The Labute approximate surface area is 142 Å². The van der Waals surface area contributed by atoms with E-state index >= 15 is 0 Å². The molecule has 1 aromatic heterocycles. The lowest BCUT2D eigenvalue weighted by Gasteiger charge is -2.32. The van der Waals surface area contributed by atoms with Crippen LogP contribution in [0.3, 0.4) is 0 Å². The maximum atomic E-state index is 12.7. The zero-order chi connectivity index (χ0) is 16.5. The first-order valence-electron chi connectivity index (χ1n) is 7.80. The Hall–Kier alpha value is -2.54. The Morgan fingerprint density at radius 3 is 2.96 bits per heavy atom. The molecule has 0 radical (unpaired) electrons. The lowest BCUT2D eigenvalue weighted by Crippen LogP contribution is -2.50. The number of benzene rings is 1. The number of para-hydroxylation sites is 1. The largest absolute Gasteiger partial charge is 0.465 e. The molecule has 122 valence electrons. The number of nitrogens with zero attached hydrogens (tertiary/aromatic N) is 3. The highest BCUT2D eigenvalue weighted by molar-refractivity contribution is 8.13. The molecule has 1 amide bonds. The standard InChI is InChI=1S/C17H16N4O2S/c1-2-10-24-17-19-16(22)14-11-6-3-4-7-12(11)18-15(21(14)20-17)13-8-5-9-23-13/h3-9,15H,2,10H2,1H3,(H,19,20,22)/t15-/m0/s1. The van der Waals surface area contributed by atoms with Crippen LogP contribution in [0.1, 0.15) is 25.3 Å². The fourth-order valence-electron chi connectivity index (χ4n) is 2.71. The van der Waals surface area contributed by atoms with Crippen LogP contribution in [0.5, 0.6) is 0 Å². The number of amidine groups is 1. The number of rotatable bonds is 3. The average Bonchev–Trinajstić information content (AvgIpc) is 3.13. The molecule has 1 aromatic carbocycles. The van der Waals surface area contributed by atoms with E-state index in [-0.39, 0.29) is 5.91 Å². The zero-order valence-corrected chi connectivity index (χ0v) is 13.9. The number of carbonyl (C=O) groups excluding carboxylic acids is 1. The maximum absolute atomic E-state index is 12.7. The molecular formula is C17H16N4O2S. The maximum Gasteiger partial charge on any atom is 0.276 e. The van der Waals surface area contributed by atoms with E-state index in [4.69, 9.17) is 9.41 Å². The first-order valence-corrected chi connectivity index (χ1v) is 8.79. The lowest BCUT2D eigenvalue weighted by atomic mass is 10.1. The molecule has 0 spiro atoms. The molecule has 7 heteroatoms. The Morgan fingerprint density at radius 1 is 1.29 bits per heavy atom. The van der Waals surface area contributed by atoms with Crippen LogP contribution in [0, 0.1) is 0 Å². The summed E-state index contributed by atoms with van der Waals surface area (Å²) in [4.78, 5) is 17.5. The van der Waals surface area contributed by atoms with Crippen LogP contribution >= 0.6 is 11.8 Å². The molecule has 3 heterocycles. The van der Waals surface area contributed by atoms with E-state index in [1.807, 2.05) is 36.4 Å². The van der Waals surface area contributed by atoms with Crippen LogP contribution in [0.2, 0.25) is 0 Å². The number of thioether (sulfide) groups is 1. The molecule has 0 unspecified atom stereocenters. The van der Waals surface area contributed by atoms with Gasteiger partial charge in [-0.1, -0.05) is 36.9 Å². The Balaban J connectivity index is 1.89. The van der Waals surface area contributed by atoms with Crippen molar-refractivity contribution in [2.45, 2.75) is 19.5 Å². The molecule has 0 fully saturated rings. The van der Waals surface area contributed by atoms with Crippen molar-refractivity contribution in [1.29, 1.82) is 0 Å². The second-order valence-electron chi connectivity index (χ2n) is 5.44. The number of hydrogen-bond acceptors (Lipinski definition) is 6. The number of nitrogens with one attached hydrogen (secondary N) is 1. The number of fused-ring (bicyclic) bond motifs is 2. The minimum atomic E-state index is -0.479. The lowest BCUT2D eigenvalue weighted by molar-refractivity contribution is -0.116. The molecule has 1 N–H and O–H groups in total. The van der Waals surface area contributed by atoms with E-state index in [2.05, 4.69) is 17.3 Å². The number of hydrogen-bond donors (Lipinski definition) is 1. The van der Waals surface area contributed by atoms with Gasteiger partial charge in [0.15, 0.2) is 5.17 Å². The van der Waals surface area contributed by atoms with Gasteiger partial charge in [-0.25, -0.2) is 10.0 Å². The summed E-state index contributed by atoms with van der Waals surface area (Å²) < 4.78 is 5.53. The molecule has 0 saturated carbocycles. The van der Waals surface area contributed by atoms with Crippen LogP contribution in [0.15, 0.2) is 57.2 Å². The summed E-state index contributed by atoms with van der Waals surface area (Å²) in [5, 5.41) is 11.3. The van der Waals surface area contributed by atoms with Gasteiger partial charge in [-0.2, -0.15) is 0 Å². The summed E-state index contributed by atoms with van der Waals surface area (Å²) in [6.45, 7) is 2.09. The fraction of sp³-hybridized carbons (Fsp3) is 0.235. The molecule has 24 heavy (non-hydrogen) atoms. The number of furan rings is 1. The molecule has 6 nitrogen and oxygen atoms in total. The predicted octanol–water partition coefficient (Wildman–Crippen LogP) is 1.57. The molecule has 0 aliphatic carbocycles. The molecule has 1 atom stereocenters. The topological polar surface area (TPSA) is 70.2 Å². The van der Waals surface area contributed by atoms with Crippen molar-refractivity contribution in [3.05, 3.63) is 59.0 Å². The van der Waals surface area contributed by atoms with Crippen LogP contribution in [-0.4, -0.2) is 21.8 Å². The van der Waals surface area contributed by atoms with Gasteiger partial charge in [0.25, 0.3) is 5.91 Å². The van der Waals surface area contributed by atoms with E-state index in [1.54, 1.807) is 11.3 Å². The SMILES string of the molecule is CCCSC1=NN2C(=c3ccccc3=N[C@@H]2c2ccco2)C(=O)N1. The number of carbonyl (C=O) groups is 1. The van der Waals surface area contributed by atoms with Crippen LogP contribution in [-0.2, 0) is 4.79 Å². The van der Waals surface area contributed by atoms with Gasteiger partial charge in [0.05, 0.1) is 11.6 Å². The summed E-state index contributed by atoms with van der Waals surface area (Å²) >= 11 is 1.53. The third-order valence-corrected chi connectivity index (χ3v) is 4.83. The highest BCUT2D eigenvalue weighted by atomic mass is 32.2. The van der Waals surface area contributed by atoms with Crippen molar-refractivity contribution in [2.75, 3.05) is 5.75 Å². The van der Waals surface area contributed by atoms with Crippen molar-refractivity contribution in [3.63, 3.8) is 0 Å². The van der Waals surface area contributed by atoms with Crippen LogP contribution < -0.4 is 15.9 Å². The first kappa shape index (κ1) is 15.0. The van der Waals surface area contributed by atoms with E-state index < -0.39 is 6.17 Å². The van der Waals surface area contributed by atoms with Gasteiger partial charge in [-0.3, -0.25) is 10.1 Å². The second-order valence-corrected chi connectivity index (χ2v) is 6.52. The van der Waals surface area contributed by atoms with Gasteiger partial charge < -0.3 is 4.42 Å². The summed E-state index contributed by atoms with van der Waals surface area (Å²) in [7, 11) is 0. The van der Waals surface area contributed by atoms with Gasteiger partial charge in [-0.15, -0.1) is 5.10 Å². The molecule has 0 bridgehead atoms. The monoisotopic (exact) mass is 340 g/mol. The zero-order valence-electron chi connectivity index (χ0n) is 13.1. The van der Waals surface area contributed by atoms with Crippen LogP contribution in [0.4, 0.5) is 0 Å². The second kappa shape index (κ2) is 6.16. The van der Waals surface area contributed by atoms with E-state index in [0.717, 1.165) is 22.7 Å². The highest BCUT2D eigenvalue weighted by Gasteiger charge is 2.35. The molecule has 2 aromatic rings. The summed E-state index contributed by atoms with van der Waals surface area (Å²) in [5.41, 5.74) is 0.503. The summed E-state index contributed by atoms with van der Waals surface area (Å²) in [6, 6.07) is 11.2. The first-order chi connectivity index (χ1) is 11.8. The molecule has 2 aliphatic rings. The third kappa shape index (κ3) is 2.50. The van der Waals surface area contributed by atoms with E-state index in [0.29, 0.717) is 16.6 Å². The van der Waals surface area contributed by atoms with Crippen LogP contribution in [0.25, 0.3) is 5.70 Å². The Morgan fingerprint density at radius 2 is 2.17 bits per heavy atom. The van der Waals surface area contributed by atoms with Gasteiger partial charge in [-0.05, 0) is 24.6 Å². The number of amides is 1. The minimum absolute atomic E-state index is 0.164. The van der Waals surface area contributed by atoms with E-state index in [9.17, 15) is 4.79 Å². The molecule has 2 aliphatic heterocycles. The Bertz CT molecular complexity index is 920. The van der Waals surface area contributed by atoms with Crippen molar-refractivity contribution in [3.8, 4) is 0 Å². The van der Waals surface area contributed by atoms with Gasteiger partial charge in [0, 0.05) is 11.0 Å². The predicted molar refractivity (Wildman–Crippen MR) is 92.2 cm³/mol. The normalized spacial score (nSPS) is 19.1. The molecular weight excluding hydrogens is 324 g/mol. The highest BCUT2D eigenvalue weighted by Crippen LogP contribution is 2.30. The summed E-state index contributed by atoms with van der Waals surface area (Å²) in [5.74, 6) is 1.38. The minimum Gasteiger partial charge on any atom is -0.465 e. The van der Waals surface area contributed by atoms with Gasteiger partial charge in [0.2, 0.25) is 6.17 Å². The number of hydrazone groups is 1. The smallest absolute Gasteiger partial charge is 0.276 e. The van der Waals surface area contributed by atoms with Crippen molar-refractivity contribution < 1.29 is 9.21 Å². The third-order valence-electron chi connectivity index (χ3n) is 3.76. The van der Waals surface area contributed by atoms with Crippen molar-refractivity contribution >= 4 is 28.5 Å². The van der Waals surface area contributed by atoms with E-state index in [1.165, 1.54) is 11.8 Å². The molecule has 0 saturated heterocycles. The quantitative estimate of drug-likeness (QED) is 0.921. The van der Waals surface area contributed by atoms with Gasteiger partial charge in [0.1, 0.15) is 11.5 Å². The Kier molecular flexibility index (Phi) is 3.86. The van der Waals surface area contributed by atoms with Gasteiger partial charge >= 0.3 is 0 Å². The fourth-order valence-corrected chi connectivity index (χ4v) is 3.42. The average molecular weight is 340 g/mol.